The number of hydrogen-bond acceptors (Lipinski definition) is 3. The average molecular weight is 311 g/mol. The fourth-order valence-corrected chi connectivity index (χ4v) is 4.23. The van der Waals surface area contributed by atoms with Gasteiger partial charge in [-0.2, -0.15) is 4.31 Å². The number of rotatable bonds is 5. The Morgan fingerprint density at radius 3 is 2.48 bits per heavy atom. The maximum absolute atomic E-state index is 12.6. The predicted octanol–water partition coefficient (Wildman–Crippen LogP) is 2.05. The van der Waals surface area contributed by atoms with E-state index in [-0.39, 0.29) is 11.3 Å². The third-order valence-corrected chi connectivity index (χ3v) is 5.97. The summed E-state index contributed by atoms with van der Waals surface area (Å²) in [4.78, 5) is 11.4. The summed E-state index contributed by atoms with van der Waals surface area (Å²) in [5, 5.41) is 9.14. The first kappa shape index (κ1) is 16.0. The topological polar surface area (TPSA) is 74.7 Å². The van der Waals surface area contributed by atoms with E-state index in [4.69, 9.17) is 5.11 Å². The molecule has 1 aliphatic carbocycles. The van der Waals surface area contributed by atoms with Crippen LogP contribution in [0.25, 0.3) is 0 Å². The molecule has 1 aromatic rings. The van der Waals surface area contributed by atoms with Gasteiger partial charge in [-0.15, -0.1) is 0 Å². The lowest BCUT2D eigenvalue weighted by atomic mass is 9.92. The van der Waals surface area contributed by atoms with Crippen molar-refractivity contribution >= 4 is 16.0 Å². The molecular formula is C15H21NO4S. The first-order valence-electron chi connectivity index (χ1n) is 7.20. The molecule has 1 atom stereocenters. The van der Waals surface area contributed by atoms with Gasteiger partial charge in [0.2, 0.25) is 10.0 Å². The van der Waals surface area contributed by atoms with E-state index in [1.54, 1.807) is 19.1 Å². The molecule has 1 unspecified atom stereocenters. The van der Waals surface area contributed by atoms with Crippen LogP contribution in [-0.4, -0.2) is 36.9 Å². The van der Waals surface area contributed by atoms with Crippen LogP contribution in [0.4, 0.5) is 0 Å². The van der Waals surface area contributed by atoms with Crippen LogP contribution >= 0.6 is 0 Å². The predicted molar refractivity (Wildman–Crippen MR) is 79.7 cm³/mol. The number of nitrogens with zero attached hydrogens (tertiary/aromatic N) is 1. The smallest absolute Gasteiger partial charge is 0.321 e. The highest BCUT2D eigenvalue weighted by Crippen LogP contribution is 2.26. The summed E-state index contributed by atoms with van der Waals surface area (Å²) in [6.45, 7) is 1.66. The lowest BCUT2D eigenvalue weighted by Gasteiger charge is -2.24. The summed E-state index contributed by atoms with van der Waals surface area (Å²) < 4.78 is 26.1. The summed E-state index contributed by atoms with van der Waals surface area (Å²) >= 11 is 0. The molecule has 2 rings (SSSR count). The van der Waals surface area contributed by atoms with Crippen molar-refractivity contribution in [2.75, 3.05) is 7.05 Å². The van der Waals surface area contributed by atoms with E-state index in [1.165, 1.54) is 12.6 Å². The van der Waals surface area contributed by atoms with Crippen LogP contribution in [0, 0.1) is 0 Å². The second kappa shape index (κ2) is 6.15. The second-order valence-corrected chi connectivity index (χ2v) is 7.42. The SMILES string of the molecule is CCC(C(=O)O)N(C)S(=O)(=O)c1ccc2c(c1)CCCC2. The first-order valence-corrected chi connectivity index (χ1v) is 8.64. The van der Waals surface area contributed by atoms with Gasteiger partial charge < -0.3 is 5.11 Å². The number of aliphatic carboxylic acids is 1. The summed E-state index contributed by atoms with van der Waals surface area (Å²) in [5.74, 6) is -1.12. The largest absolute Gasteiger partial charge is 0.480 e. The molecule has 0 bridgehead atoms. The van der Waals surface area contributed by atoms with Crippen molar-refractivity contribution in [3.05, 3.63) is 29.3 Å². The average Bonchev–Trinajstić information content (AvgIpc) is 2.46. The maximum Gasteiger partial charge on any atom is 0.321 e. The summed E-state index contributed by atoms with van der Waals surface area (Å²) in [7, 11) is -2.45. The van der Waals surface area contributed by atoms with Crippen molar-refractivity contribution in [3.63, 3.8) is 0 Å². The highest BCUT2D eigenvalue weighted by Gasteiger charge is 2.31. The Morgan fingerprint density at radius 1 is 1.29 bits per heavy atom. The molecule has 0 amide bonds. The van der Waals surface area contributed by atoms with Crippen molar-refractivity contribution in [2.45, 2.75) is 50.0 Å². The molecule has 1 N–H and O–H groups in total. The van der Waals surface area contributed by atoms with Gasteiger partial charge in [-0.05, 0) is 55.4 Å². The first-order chi connectivity index (χ1) is 9.87. The van der Waals surface area contributed by atoms with Gasteiger partial charge in [0.15, 0.2) is 0 Å². The highest BCUT2D eigenvalue weighted by molar-refractivity contribution is 7.89. The lowest BCUT2D eigenvalue weighted by Crippen LogP contribution is -2.41. The van der Waals surface area contributed by atoms with E-state index >= 15 is 0 Å². The van der Waals surface area contributed by atoms with E-state index in [0.29, 0.717) is 0 Å². The quantitative estimate of drug-likeness (QED) is 0.903. The number of carboxylic acid groups (broad SMARTS) is 1. The molecule has 0 heterocycles. The fraction of sp³-hybridized carbons (Fsp3) is 0.533. The Labute approximate surface area is 125 Å². The van der Waals surface area contributed by atoms with Gasteiger partial charge in [-0.3, -0.25) is 4.79 Å². The third-order valence-electron chi connectivity index (χ3n) is 4.11. The molecule has 0 fully saturated rings. The Morgan fingerprint density at radius 2 is 1.90 bits per heavy atom. The number of likely N-dealkylation sites (N-methyl/N-ethyl adjacent to an activating group) is 1. The van der Waals surface area contributed by atoms with Gasteiger partial charge in [-0.1, -0.05) is 13.0 Å². The number of benzene rings is 1. The molecule has 21 heavy (non-hydrogen) atoms. The summed E-state index contributed by atoms with van der Waals surface area (Å²) in [6, 6.07) is 4.11. The highest BCUT2D eigenvalue weighted by atomic mass is 32.2. The zero-order valence-corrected chi connectivity index (χ0v) is 13.2. The maximum atomic E-state index is 12.6. The van der Waals surface area contributed by atoms with Crippen LogP contribution in [0.5, 0.6) is 0 Å². The minimum absolute atomic E-state index is 0.186. The molecule has 6 heteroatoms. The number of aryl methyl sites for hydroxylation is 2. The van der Waals surface area contributed by atoms with Crippen LogP contribution in [-0.2, 0) is 27.7 Å². The molecule has 5 nitrogen and oxygen atoms in total. The van der Waals surface area contributed by atoms with Crippen LogP contribution < -0.4 is 0 Å². The Balaban J connectivity index is 2.37. The minimum Gasteiger partial charge on any atom is -0.480 e. The van der Waals surface area contributed by atoms with Gasteiger partial charge in [0.05, 0.1) is 4.90 Å². The van der Waals surface area contributed by atoms with Gasteiger partial charge >= 0.3 is 5.97 Å². The number of carboxylic acids is 1. The molecule has 0 saturated heterocycles. The van der Waals surface area contributed by atoms with Crippen molar-refractivity contribution in [1.29, 1.82) is 0 Å². The van der Waals surface area contributed by atoms with E-state index < -0.39 is 22.0 Å². The van der Waals surface area contributed by atoms with Gasteiger partial charge in [0.1, 0.15) is 6.04 Å². The summed E-state index contributed by atoms with van der Waals surface area (Å²) in [5.41, 5.74) is 2.27. The van der Waals surface area contributed by atoms with Crippen LogP contribution in [0.15, 0.2) is 23.1 Å². The number of hydrogen-bond donors (Lipinski definition) is 1. The standard InChI is InChI=1S/C15H21NO4S/c1-3-14(15(17)18)16(2)21(19,20)13-9-8-11-6-4-5-7-12(11)10-13/h8-10,14H,3-7H2,1-2H3,(H,17,18). The normalized spacial score (nSPS) is 16.5. The van der Waals surface area contributed by atoms with Crippen molar-refractivity contribution in [3.8, 4) is 0 Å². The zero-order valence-electron chi connectivity index (χ0n) is 12.4. The molecule has 0 spiro atoms. The molecule has 0 saturated carbocycles. The van der Waals surface area contributed by atoms with E-state index in [0.717, 1.165) is 35.6 Å². The van der Waals surface area contributed by atoms with Crippen molar-refractivity contribution in [2.24, 2.45) is 0 Å². The monoisotopic (exact) mass is 311 g/mol. The van der Waals surface area contributed by atoms with Gasteiger partial charge in [-0.25, -0.2) is 8.42 Å². The Hall–Kier alpha value is -1.40. The molecule has 1 aromatic carbocycles. The number of carbonyl (C=O) groups is 1. The molecule has 0 radical (unpaired) electrons. The fourth-order valence-electron chi connectivity index (χ4n) is 2.79. The third kappa shape index (κ3) is 3.11. The minimum atomic E-state index is -3.78. The van der Waals surface area contributed by atoms with Gasteiger partial charge in [0.25, 0.3) is 0 Å². The van der Waals surface area contributed by atoms with Crippen molar-refractivity contribution in [1.82, 2.24) is 4.31 Å². The van der Waals surface area contributed by atoms with Crippen LogP contribution in [0.1, 0.15) is 37.3 Å². The number of fused-ring (bicyclic) bond motifs is 1. The second-order valence-electron chi connectivity index (χ2n) is 5.42. The van der Waals surface area contributed by atoms with Crippen LogP contribution in [0.3, 0.4) is 0 Å². The molecule has 0 aromatic heterocycles. The Kier molecular flexibility index (Phi) is 4.68. The Bertz CT molecular complexity index is 639. The van der Waals surface area contributed by atoms with E-state index in [2.05, 4.69) is 0 Å². The zero-order chi connectivity index (χ0) is 15.6. The van der Waals surface area contributed by atoms with Gasteiger partial charge in [0, 0.05) is 7.05 Å². The van der Waals surface area contributed by atoms with E-state index in [1.807, 2.05) is 6.07 Å². The molecular weight excluding hydrogens is 290 g/mol. The van der Waals surface area contributed by atoms with E-state index in [9.17, 15) is 13.2 Å². The van der Waals surface area contributed by atoms with Crippen LogP contribution in [0.2, 0.25) is 0 Å². The summed E-state index contributed by atoms with van der Waals surface area (Å²) in [6.07, 6.45) is 4.31. The lowest BCUT2D eigenvalue weighted by molar-refractivity contribution is -0.141. The number of sulfonamides is 1. The molecule has 1 aliphatic rings. The molecule has 116 valence electrons. The molecule has 0 aliphatic heterocycles. The van der Waals surface area contributed by atoms with Crippen molar-refractivity contribution < 1.29 is 18.3 Å².